The Balaban J connectivity index is 1.53. The Morgan fingerprint density at radius 1 is 1.08 bits per heavy atom. The van der Waals surface area contributed by atoms with E-state index in [-0.39, 0.29) is 5.56 Å². The lowest BCUT2D eigenvalue weighted by atomic mass is 9.94. The predicted molar refractivity (Wildman–Crippen MR) is 103 cm³/mol. The van der Waals surface area contributed by atoms with Gasteiger partial charge in [-0.2, -0.15) is 5.10 Å². The molecule has 1 aromatic heterocycles. The van der Waals surface area contributed by atoms with E-state index in [1.54, 1.807) is 10.9 Å². The summed E-state index contributed by atoms with van der Waals surface area (Å²) in [7, 11) is 2.25. The minimum Gasteiger partial charge on any atom is -0.303 e. The standard InChI is InChI=1S/C21H29N3O/c1-23(19-12-6-3-7-13-19)16-8-9-17-24-21(25)20(14-15-22-24)18-10-4-2-5-11-18/h2,4-5,10-11,14-15,19H,3,6-9,12-13,16-17H2,1H3. The van der Waals surface area contributed by atoms with Crippen LogP contribution >= 0.6 is 0 Å². The van der Waals surface area contributed by atoms with Crippen LogP contribution in [0, 0.1) is 0 Å². The molecule has 4 heteroatoms. The highest BCUT2D eigenvalue weighted by molar-refractivity contribution is 5.61. The Hall–Kier alpha value is -1.94. The van der Waals surface area contributed by atoms with Crippen LogP contribution in [0.4, 0.5) is 0 Å². The van der Waals surface area contributed by atoms with E-state index in [2.05, 4.69) is 17.0 Å². The first-order valence-electron chi connectivity index (χ1n) is 9.57. The van der Waals surface area contributed by atoms with E-state index in [0.29, 0.717) is 6.54 Å². The van der Waals surface area contributed by atoms with Crippen LogP contribution in [-0.2, 0) is 6.54 Å². The first-order chi connectivity index (χ1) is 12.3. The number of aryl methyl sites for hydroxylation is 1. The summed E-state index contributed by atoms with van der Waals surface area (Å²) in [4.78, 5) is 15.1. The van der Waals surface area contributed by atoms with Gasteiger partial charge in [0, 0.05) is 18.8 Å². The third kappa shape index (κ3) is 4.79. The van der Waals surface area contributed by atoms with E-state index >= 15 is 0 Å². The zero-order chi connectivity index (χ0) is 17.5. The van der Waals surface area contributed by atoms with Gasteiger partial charge in [-0.15, -0.1) is 0 Å². The summed E-state index contributed by atoms with van der Waals surface area (Å²) in [6.45, 7) is 1.80. The largest absolute Gasteiger partial charge is 0.303 e. The van der Waals surface area contributed by atoms with E-state index < -0.39 is 0 Å². The average Bonchev–Trinajstić information content (AvgIpc) is 2.67. The molecule has 0 aliphatic heterocycles. The number of aromatic nitrogens is 2. The van der Waals surface area contributed by atoms with Crippen molar-refractivity contribution >= 4 is 0 Å². The second-order valence-electron chi connectivity index (χ2n) is 7.12. The summed E-state index contributed by atoms with van der Waals surface area (Å²) < 4.78 is 1.61. The number of hydrogen-bond donors (Lipinski definition) is 0. The molecular weight excluding hydrogens is 310 g/mol. The Bertz CT molecular complexity index is 705. The summed E-state index contributed by atoms with van der Waals surface area (Å²) in [5, 5.41) is 4.26. The van der Waals surface area contributed by atoms with E-state index in [4.69, 9.17) is 0 Å². The monoisotopic (exact) mass is 339 g/mol. The fourth-order valence-corrected chi connectivity index (χ4v) is 3.77. The van der Waals surface area contributed by atoms with Gasteiger partial charge in [0.15, 0.2) is 0 Å². The molecule has 1 aliphatic carbocycles. The minimum absolute atomic E-state index is 0.00864. The highest BCUT2D eigenvalue weighted by Gasteiger charge is 2.17. The van der Waals surface area contributed by atoms with Gasteiger partial charge in [0.25, 0.3) is 5.56 Å². The molecule has 0 N–H and O–H groups in total. The van der Waals surface area contributed by atoms with Crippen molar-refractivity contribution in [1.29, 1.82) is 0 Å². The third-order valence-electron chi connectivity index (χ3n) is 5.33. The Morgan fingerprint density at radius 2 is 1.84 bits per heavy atom. The molecule has 1 aliphatic rings. The average molecular weight is 339 g/mol. The molecule has 0 atom stereocenters. The summed E-state index contributed by atoms with van der Waals surface area (Å²) in [5.74, 6) is 0. The number of hydrogen-bond acceptors (Lipinski definition) is 3. The number of nitrogens with zero attached hydrogens (tertiary/aromatic N) is 3. The molecule has 1 heterocycles. The fraction of sp³-hybridized carbons (Fsp3) is 0.524. The molecule has 1 saturated carbocycles. The van der Waals surface area contributed by atoms with Gasteiger partial charge < -0.3 is 4.90 Å². The molecular formula is C21H29N3O. The molecule has 0 saturated heterocycles. The maximum absolute atomic E-state index is 12.6. The Labute approximate surface area is 150 Å². The SMILES string of the molecule is CN(CCCCn1nccc(-c2ccccc2)c1=O)C1CCCCC1. The molecule has 0 spiro atoms. The van der Waals surface area contributed by atoms with Crippen molar-refractivity contribution in [2.75, 3.05) is 13.6 Å². The van der Waals surface area contributed by atoms with Gasteiger partial charge in [0.2, 0.25) is 0 Å². The van der Waals surface area contributed by atoms with Crippen LogP contribution in [0.5, 0.6) is 0 Å². The lowest BCUT2D eigenvalue weighted by molar-refractivity contribution is 0.188. The smallest absolute Gasteiger partial charge is 0.274 e. The second-order valence-corrected chi connectivity index (χ2v) is 7.12. The van der Waals surface area contributed by atoms with Gasteiger partial charge in [-0.25, -0.2) is 4.68 Å². The molecule has 4 nitrogen and oxygen atoms in total. The second kappa shape index (κ2) is 8.95. The molecule has 134 valence electrons. The quantitative estimate of drug-likeness (QED) is 0.717. The summed E-state index contributed by atoms with van der Waals surface area (Å²) in [5.41, 5.74) is 1.70. The zero-order valence-corrected chi connectivity index (χ0v) is 15.2. The van der Waals surface area contributed by atoms with Crippen molar-refractivity contribution < 1.29 is 0 Å². The van der Waals surface area contributed by atoms with Gasteiger partial charge in [-0.05, 0) is 50.9 Å². The van der Waals surface area contributed by atoms with Crippen LogP contribution < -0.4 is 5.56 Å². The number of unbranched alkanes of at least 4 members (excludes halogenated alkanes) is 1. The minimum atomic E-state index is 0.00864. The van der Waals surface area contributed by atoms with Gasteiger partial charge in [0.1, 0.15) is 0 Å². The lowest BCUT2D eigenvalue weighted by Crippen LogP contribution is -2.34. The van der Waals surface area contributed by atoms with Crippen molar-refractivity contribution in [3.05, 3.63) is 52.9 Å². The van der Waals surface area contributed by atoms with E-state index in [1.807, 2.05) is 36.4 Å². The number of rotatable bonds is 7. The van der Waals surface area contributed by atoms with Crippen molar-refractivity contribution in [3.63, 3.8) is 0 Å². The molecule has 0 bridgehead atoms. The third-order valence-corrected chi connectivity index (χ3v) is 5.33. The highest BCUT2D eigenvalue weighted by atomic mass is 16.1. The maximum Gasteiger partial charge on any atom is 0.274 e. The van der Waals surface area contributed by atoms with Crippen LogP contribution in [0.25, 0.3) is 11.1 Å². The Kier molecular flexibility index (Phi) is 6.40. The first-order valence-corrected chi connectivity index (χ1v) is 9.57. The maximum atomic E-state index is 12.6. The highest BCUT2D eigenvalue weighted by Crippen LogP contribution is 2.21. The molecule has 0 radical (unpaired) electrons. The van der Waals surface area contributed by atoms with Gasteiger partial charge in [0.05, 0.1) is 5.56 Å². The van der Waals surface area contributed by atoms with Crippen molar-refractivity contribution in [1.82, 2.24) is 14.7 Å². The van der Waals surface area contributed by atoms with E-state index in [9.17, 15) is 4.79 Å². The summed E-state index contributed by atoms with van der Waals surface area (Å²) in [6, 6.07) is 12.4. The van der Waals surface area contributed by atoms with Crippen LogP contribution in [0.15, 0.2) is 47.4 Å². The van der Waals surface area contributed by atoms with Gasteiger partial charge in [-0.3, -0.25) is 4.79 Å². The molecule has 2 aromatic rings. The normalized spacial score (nSPS) is 15.6. The molecule has 0 unspecified atom stereocenters. The van der Waals surface area contributed by atoms with E-state index in [1.165, 1.54) is 32.1 Å². The van der Waals surface area contributed by atoms with Crippen LogP contribution in [0.3, 0.4) is 0 Å². The number of benzene rings is 1. The summed E-state index contributed by atoms with van der Waals surface area (Å²) in [6.07, 6.45) is 10.7. The van der Waals surface area contributed by atoms with Gasteiger partial charge >= 0.3 is 0 Å². The topological polar surface area (TPSA) is 38.1 Å². The lowest BCUT2D eigenvalue weighted by Gasteiger charge is -2.31. The van der Waals surface area contributed by atoms with E-state index in [0.717, 1.165) is 36.6 Å². The van der Waals surface area contributed by atoms with Crippen LogP contribution in [0.1, 0.15) is 44.9 Å². The zero-order valence-electron chi connectivity index (χ0n) is 15.2. The van der Waals surface area contributed by atoms with Crippen molar-refractivity contribution in [3.8, 4) is 11.1 Å². The van der Waals surface area contributed by atoms with Crippen LogP contribution in [0.2, 0.25) is 0 Å². The predicted octanol–water partition coefficient (Wildman–Crippen LogP) is 3.96. The van der Waals surface area contributed by atoms with Crippen molar-refractivity contribution in [2.24, 2.45) is 0 Å². The Morgan fingerprint density at radius 3 is 2.60 bits per heavy atom. The van der Waals surface area contributed by atoms with Gasteiger partial charge in [-0.1, -0.05) is 49.6 Å². The first kappa shape index (κ1) is 17.9. The summed E-state index contributed by atoms with van der Waals surface area (Å²) >= 11 is 0. The molecule has 25 heavy (non-hydrogen) atoms. The van der Waals surface area contributed by atoms with Crippen LogP contribution in [-0.4, -0.2) is 34.3 Å². The van der Waals surface area contributed by atoms with Crippen molar-refractivity contribution in [2.45, 2.75) is 57.5 Å². The molecule has 1 fully saturated rings. The molecule has 3 rings (SSSR count). The molecule has 1 aromatic carbocycles. The fourth-order valence-electron chi connectivity index (χ4n) is 3.77. The molecule has 0 amide bonds.